The summed E-state index contributed by atoms with van der Waals surface area (Å²) in [5.41, 5.74) is 0.665. The molecule has 122 valence electrons. The van der Waals surface area contributed by atoms with Gasteiger partial charge in [-0.3, -0.25) is 4.79 Å². The molecule has 1 aromatic carbocycles. The van der Waals surface area contributed by atoms with Crippen LogP contribution in [0.25, 0.3) is 0 Å². The van der Waals surface area contributed by atoms with Crippen molar-refractivity contribution in [3.8, 4) is 0 Å². The Morgan fingerprint density at radius 2 is 2.00 bits per heavy atom. The third-order valence-corrected chi connectivity index (χ3v) is 4.05. The second kappa shape index (κ2) is 8.50. The molecule has 1 rings (SSSR count). The Kier molecular flexibility index (Phi) is 7.32. The number of rotatable bonds is 7. The van der Waals surface area contributed by atoms with Crippen molar-refractivity contribution >= 4 is 39.4 Å². The number of aliphatic hydroxyl groups excluding tert-OH is 1. The van der Waals surface area contributed by atoms with E-state index in [-0.39, 0.29) is 18.8 Å². The smallest absolute Gasteiger partial charge is 0.326 e. The van der Waals surface area contributed by atoms with Crippen LogP contribution >= 0.6 is 27.5 Å². The number of nitrogens with one attached hydrogen (secondary N) is 1. The fourth-order valence-electron chi connectivity index (χ4n) is 1.94. The Labute approximate surface area is 142 Å². The minimum absolute atomic E-state index is 0.0661. The fraction of sp³-hybridized carbons (Fsp3) is 0.467. The molecule has 0 aliphatic carbocycles. The second-order valence-corrected chi connectivity index (χ2v) is 6.78. The number of hydrogen-bond acceptors (Lipinski definition) is 3. The largest absolute Gasteiger partial charge is 0.480 e. The number of benzene rings is 1. The van der Waals surface area contributed by atoms with Gasteiger partial charge in [0.1, 0.15) is 12.1 Å². The summed E-state index contributed by atoms with van der Waals surface area (Å²) in [6, 6.07) is 3.89. The molecule has 0 saturated heterocycles. The first-order chi connectivity index (χ1) is 10.2. The summed E-state index contributed by atoms with van der Waals surface area (Å²) in [5, 5.41) is 21.9. The maximum Gasteiger partial charge on any atom is 0.326 e. The summed E-state index contributed by atoms with van der Waals surface area (Å²) < 4.78 is 0.708. The maximum absolute atomic E-state index is 11.9. The quantitative estimate of drug-likeness (QED) is 0.666. The molecular formula is C15H19BrClNO4. The first-order valence-corrected chi connectivity index (χ1v) is 8.03. The number of carboxylic acid groups (broad SMARTS) is 1. The van der Waals surface area contributed by atoms with Crippen molar-refractivity contribution in [1.82, 2.24) is 5.32 Å². The molecule has 0 saturated carbocycles. The van der Waals surface area contributed by atoms with E-state index in [0.717, 1.165) is 0 Å². The average Bonchev–Trinajstić information content (AvgIpc) is 2.40. The van der Waals surface area contributed by atoms with E-state index in [2.05, 4.69) is 21.2 Å². The minimum Gasteiger partial charge on any atom is -0.480 e. The van der Waals surface area contributed by atoms with Crippen molar-refractivity contribution in [3.05, 3.63) is 33.3 Å². The van der Waals surface area contributed by atoms with E-state index in [4.69, 9.17) is 11.6 Å². The lowest BCUT2D eigenvalue weighted by Crippen LogP contribution is -2.47. The lowest BCUT2D eigenvalue weighted by atomic mass is 10.0. The van der Waals surface area contributed by atoms with Crippen molar-refractivity contribution < 1.29 is 19.8 Å². The molecule has 2 atom stereocenters. The molecule has 3 N–H and O–H groups in total. The molecule has 0 unspecified atom stereocenters. The van der Waals surface area contributed by atoms with Crippen molar-refractivity contribution in [2.75, 3.05) is 0 Å². The lowest BCUT2D eigenvalue weighted by molar-refractivity contribution is -0.143. The van der Waals surface area contributed by atoms with Gasteiger partial charge in [0, 0.05) is 15.9 Å². The van der Waals surface area contributed by atoms with Crippen LogP contribution in [0.5, 0.6) is 0 Å². The monoisotopic (exact) mass is 391 g/mol. The first-order valence-electron chi connectivity index (χ1n) is 6.86. The van der Waals surface area contributed by atoms with Crippen molar-refractivity contribution in [2.45, 2.75) is 38.8 Å². The van der Waals surface area contributed by atoms with Crippen LogP contribution in [0.15, 0.2) is 22.7 Å². The molecule has 5 nitrogen and oxygen atoms in total. The van der Waals surface area contributed by atoms with Gasteiger partial charge in [0.25, 0.3) is 0 Å². The molecule has 0 aliphatic heterocycles. The van der Waals surface area contributed by atoms with Crippen molar-refractivity contribution in [2.24, 2.45) is 5.92 Å². The standard InChI is InChI=1S/C15H19BrClNO4/c1-8(2)5-13(19)14(20)18-12(15(21)22)7-9-6-10(17)3-4-11(9)16/h3-4,6,8,12-13,19H,5,7H2,1-2H3,(H,18,20)(H,21,22)/t12-,13+/m0/s1. The van der Waals surface area contributed by atoms with E-state index < -0.39 is 24.0 Å². The molecule has 7 heteroatoms. The zero-order valence-corrected chi connectivity index (χ0v) is 14.7. The molecule has 0 spiro atoms. The highest BCUT2D eigenvalue weighted by Gasteiger charge is 2.25. The van der Waals surface area contributed by atoms with Crippen LogP contribution in [0, 0.1) is 5.92 Å². The molecule has 0 radical (unpaired) electrons. The summed E-state index contributed by atoms with van der Waals surface area (Å²) in [5.74, 6) is -1.72. The minimum atomic E-state index is -1.22. The molecule has 1 aromatic rings. The average molecular weight is 393 g/mol. The van der Waals surface area contributed by atoms with E-state index in [0.29, 0.717) is 15.1 Å². The highest BCUT2D eigenvalue weighted by molar-refractivity contribution is 9.10. The molecule has 22 heavy (non-hydrogen) atoms. The van der Waals surface area contributed by atoms with Gasteiger partial charge in [-0.25, -0.2) is 4.79 Å². The maximum atomic E-state index is 11.9. The molecular weight excluding hydrogens is 374 g/mol. The number of amides is 1. The zero-order chi connectivity index (χ0) is 16.9. The molecule has 0 fully saturated rings. The third-order valence-electron chi connectivity index (χ3n) is 3.04. The second-order valence-electron chi connectivity index (χ2n) is 5.48. The van der Waals surface area contributed by atoms with Crippen LogP contribution in [0.2, 0.25) is 5.02 Å². The summed E-state index contributed by atoms with van der Waals surface area (Å²) in [6.45, 7) is 3.74. The summed E-state index contributed by atoms with van der Waals surface area (Å²) in [7, 11) is 0. The van der Waals surface area contributed by atoms with E-state index in [9.17, 15) is 19.8 Å². The highest BCUT2D eigenvalue weighted by Crippen LogP contribution is 2.22. The van der Waals surface area contributed by atoms with E-state index in [1.165, 1.54) is 0 Å². The Bertz CT molecular complexity index is 550. The van der Waals surface area contributed by atoms with Gasteiger partial charge in [-0.2, -0.15) is 0 Å². The zero-order valence-electron chi connectivity index (χ0n) is 12.3. The molecule has 0 bridgehead atoms. The lowest BCUT2D eigenvalue weighted by Gasteiger charge is -2.19. The van der Waals surface area contributed by atoms with Crippen LogP contribution in [-0.2, 0) is 16.0 Å². The van der Waals surface area contributed by atoms with Gasteiger partial charge in [-0.1, -0.05) is 41.4 Å². The number of carboxylic acids is 1. The Morgan fingerprint density at radius 1 is 1.36 bits per heavy atom. The number of carbonyl (C=O) groups excluding carboxylic acids is 1. The van der Waals surface area contributed by atoms with Gasteiger partial charge in [0.05, 0.1) is 0 Å². The number of halogens is 2. The van der Waals surface area contributed by atoms with Crippen LogP contribution in [0.1, 0.15) is 25.8 Å². The number of aliphatic carboxylic acids is 1. The van der Waals surface area contributed by atoms with E-state index in [1.54, 1.807) is 18.2 Å². The van der Waals surface area contributed by atoms with E-state index in [1.807, 2.05) is 13.8 Å². The SMILES string of the molecule is CC(C)C[C@@H](O)C(=O)N[C@@H](Cc1cc(Cl)ccc1Br)C(=O)O. The van der Waals surface area contributed by atoms with Crippen LogP contribution in [0.3, 0.4) is 0 Å². The molecule has 0 aromatic heterocycles. The highest BCUT2D eigenvalue weighted by atomic mass is 79.9. The van der Waals surface area contributed by atoms with Gasteiger partial charge in [0.15, 0.2) is 0 Å². The van der Waals surface area contributed by atoms with Gasteiger partial charge < -0.3 is 15.5 Å². The predicted octanol–water partition coefficient (Wildman–Crippen LogP) is 2.62. The molecule has 0 heterocycles. The van der Waals surface area contributed by atoms with Gasteiger partial charge in [-0.05, 0) is 36.1 Å². The number of carbonyl (C=O) groups is 2. The van der Waals surface area contributed by atoms with Crippen molar-refractivity contribution in [1.29, 1.82) is 0 Å². The third kappa shape index (κ3) is 5.94. The number of hydrogen-bond donors (Lipinski definition) is 3. The summed E-state index contributed by atoms with van der Waals surface area (Å²) in [6.07, 6.45) is -0.875. The van der Waals surface area contributed by atoms with Crippen LogP contribution in [0.4, 0.5) is 0 Å². The Balaban J connectivity index is 2.80. The Hall–Kier alpha value is -1.11. The molecule has 1 amide bonds. The van der Waals surface area contributed by atoms with Gasteiger partial charge in [0.2, 0.25) is 5.91 Å². The fourth-order valence-corrected chi connectivity index (χ4v) is 2.54. The Morgan fingerprint density at radius 3 is 2.55 bits per heavy atom. The normalized spacial score (nSPS) is 13.7. The predicted molar refractivity (Wildman–Crippen MR) is 87.9 cm³/mol. The van der Waals surface area contributed by atoms with Crippen LogP contribution in [-0.4, -0.2) is 34.2 Å². The number of aliphatic hydroxyl groups is 1. The van der Waals surface area contributed by atoms with Gasteiger partial charge in [-0.15, -0.1) is 0 Å². The first kappa shape index (κ1) is 18.9. The van der Waals surface area contributed by atoms with Crippen molar-refractivity contribution in [3.63, 3.8) is 0 Å². The summed E-state index contributed by atoms with van der Waals surface area (Å²) in [4.78, 5) is 23.2. The van der Waals surface area contributed by atoms with E-state index >= 15 is 0 Å². The van der Waals surface area contributed by atoms with Gasteiger partial charge >= 0.3 is 5.97 Å². The summed E-state index contributed by atoms with van der Waals surface area (Å²) >= 11 is 9.22. The topological polar surface area (TPSA) is 86.6 Å². The van der Waals surface area contributed by atoms with Crippen LogP contribution < -0.4 is 5.32 Å². The molecule has 0 aliphatic rings.